The molecule has 0 bridgehead atoms. The number of thiophene rings is 1. The Bertz CT molecular complexity index is 1180. The van der Waals surface area contributed by atoms with Gasteiger partial charge >= 0.3 is 0 Å². The van der Waals surface area contributed by atoms with Gasteiger partial charge in [0, 0.05) is 21.7 Å². The third-order valence-corrected chi connectivity index (χ3v) is 6.50. The number of para-hydroxylation sites is 1. The van der Waals surface area contributed by atoms with Gasteiger partial charge in [-0.15, -0.1) is 22.7 Å². The van der Waals surface area contributed by atoms with Crippen molar-refractivity contribution >= 4 is 40.1 Å². The monoisotopic (exact) mass is 418 g/mol. The molecule has 4 rings (SSSR count). The minimum absolute atomic E-state index is 0.0335. The van der Waals surface area contributed by atoms with Gasteiger partial charge in [0.2, 0.25) is 0 Å². The zero-order chi connectivity index (χ0) is 20.4. The van der Waals surface area contributed by atoms with Gasteiger partial charge in [-0.05, 0) is 25.1 Å². The van der Waals surface area contributed by atoms with Crippen LogP contribution in [0.2, 0.25) is 0 Å². The minimum atomic E-state index is -0.196. The number of rotatable bonds is 5. The maximum absolute atomic E-state index is 13.1. The largest absolute Gasteiger partial charge is 0.383 e. The third kappa shape index (κ3) is 3.96. The molecule has 0 unspecified atom stereocenters. The number of thiazole rings is 1. The van der Waals surface area contributed by atoms with Gasteiger partial charge in [-0.2, -0.15) is 0 Å². The normalized spacial score (nSPS) is 10.7. The number of nitrogen functional groups attached to an aromatic ring is 1. The fourth-order valence-electron chi connectivity index (χ4n) is 2.92. The molecule has 1 amide bonds. The van der Waals surface area contributed by atoms with Crippen molar-refractivity contribution < 1.29 is 4.79 Å². The van der Waals surface area contributed by atoms with Gasteiger partial charge in [0.05, 0.1) is 10.6 Å². The molecule has 7 heteroatoms. The topological polar surface area (TPSA) is 91.9 Å². The summed E-state index contributed by atoms with van der Waals surface area (Å²) in [5.41, 5.74) is 8.81. The molecule has 0 aliphatic heterocycles. The molecule has 29 heavy (non-hydrogen) atoms. The van der Waals surface area contributed by atoms with Crippen LogP contribution in [0.25, 0.3) is 21.8 Å². The number of carbonyl (C=O) groups is 1. The van der Waals surface area contributed by atoms with Gasteiger partial charge in [0.1, 0.15) is 15.7 Å². The van der Waals surface area contributed by atoms with Gasteiger partial charge in [-0.3, -0.25) is 10.2 Å². The van der Waals surface area contributed by atoms with Crippen LogP contribution in [-0.2, 0) is 0 Å². The van der Waals surface area contributed by atoms with E-state index in [0.717, 1.165) is 26.7 Å². The molecule has 2 aromatic heterocycles. The fraction of sp³-hybridized carbons (Fsp3) is 0.0455. The van der Waals surface area contributed by atoms with Gasteiger partial charge in [-0.25, -0.2) is 4.98 Å². The van der Waals surface area contributed by atoms with Crippen molar-refractivity contribution in [1.82, 2.24) is 4.98 Å². The molecule has 4 N–H and O–H groups in total. The molecule has 2 heterocycles. The van der Waals surface area contributed by atoms with Crippen LogP contribution in [0.3, 0.4) is 0 Å². The van der Waals surface area contributed by atoms with Crippen LogP contribution < -0.4 is 11.1 Å². The molecule has 0 radical (unpaired) electrons. The first-order valence-corrected chi connectivity index (χ1v) is 10.5. The number of carbonyl (C=O) groups excluding carboxylic acids is 1. The van der Waals surface area contributed by atoms with Crippen LogP contribution in [-0.4, -0.2) is 16.7 Å². The second kappa shape index (κ2) is 7.98. The van der Waals surface area contributed by atoms with E-state index in [-0.39, 0.29) is 11.7 Å². The fourth-order valence-corrected chi connectivity index (χ4v) is 4.92. The smallest absolute Gasteiger partial charge is 0.268 e. The van der Waals surface area contributed by atoms with Crippen molar-refractivity contribution in [3.63, 3.8) is 0 Å². The summed E-state index contributed by atoms with van der Waals surface area (Å²) in [7, 11) is 0. The average molecular weight is 419 g/mol. The molecule has 4 aromatic rings. The summed E-state index contributed by atoms with van der Waals surface area (Å²) in [6.07, 6.45) is 0. The molecule has 0 fully saturated rings. The van der Waals surface area contributed by atoms with Crippen LogP contribution >= 0.6 is 22.7 Å². The van der Waals surface area contributed by atoms with Crippen molar-refractivity contribution in [1.29, 1.82) is 5.41 Å². The molecule has 2 aromatic carbocycles. The van der Waals surface area contributed by atoms with Crippen molar-refractivity contribution in [2.24, 2.45) is 5.73 Å². The molecule has 0 saturated carbocycles. The summed E-state index contributed by atoms with van der Waals surface area (Å²) in [5, 5.41) is 11.4. The van der Waals surface area contributed by atoms with Crippen LogP contribution in [0.4, 0.5) is 5.69 Å². The number of nitrogens with one attached hydrogen (secondary N) is 2. The Morgan fingerprint density at radius 1 is 1.03 bits per heavy atom. The number of aromatic nitrogens is 1. The van der Waals surface area contributed by atoms with Crippen molar-refractivity contribution in [3.05, 3.63) is 81.4 Å². The van der Waals surface area contributed by atoms with E-state index in [2.05, 4.69) is 5.32 Å². The highest BCUT2D eigenvalue weighted by Crippen LogP contribution is 2.38. The van der Waals surface area contributed by atoms with Gasteiger partial charge in [0.15, 0.2) is 0 Å². The maximum atomic E-state index is 13.1. The molecule has 0 atom stereocenters. The highest BCUT2D eigenvalue weighted by atomic mass is 32.1. The lowest BCUT2D eigenvalue weighted by molar-refractivity contribution is 0.103. The lowest BCUT2D eigenvalue weighted by Gasteiger charge is -2.05. The first-order valence-electron chi connectivity index (χ1n) is 8.91. The lowest BCUT2D eigenvalue weighted by Crippen LogP contribution is -2.11. The van der Waals surface area contributed by atoms with Crippen molar-refractivity contribution in [2.75, 3.05) is 5.32 Å². The maximum Gasteiger partial charge on any atom is 0.268 e. The van der Waals surface area contributed by atoms with E-state index in [9.17, 15) is 4.79 Å². The summed E-state index contributed by atoms with van der Waals surface area (Å²) in [6.45, 7) is 1.97. The standard InChI is InChI=1S/C22H18N4OS2/c1-13-16(12-17(28-13)20(23)24)22-26-18(14-8-4-2-5-9-14)19(29-22)21(27)25-15-10-6-3-7-11-15/h2-12H,1H3,(H3,23,24)(H,25,27). The second-order valence-electron chi connectivity index (χ2n) is 6.38. The molecule has 0 aliphatic rings. The first kappa shape index (κ1) is 19.0. The van der Waals surface area contributed by atoms with E-state index in [1.54, 1.807) is 0 Å². The summed E-state index contributed by atoms with van der Waals surface area (Å²) in [6, 6.07) is 20.9. The highest BCUT2D eigenvalue weighted by molar-refractivity contribution is 7.18. The number of amides is 1. The average Bonchev–Trinajstić information content (AvgIpc) is 3.33. The number of anilines is 1. The van der Waals surface area contributed by atoms with Crippen molar-refractivity contribution in [3.8, 4) is 21.8 Å². The number of nitrogens with zero attached hydrogens (tertiary/aromatic N) is 1. The zero-order valence-electron chi connectivity index (χ0n) is 15.6. The van der Waals surface area contributed by atoms with Crippen LogP contribution in [0, 0.1) is 12.3 Å². The van der Waals surface area contributed by atoms with E-state index in [1.165, 1.54) is 22.7 Å². The second-order valence-corrected chi connectivity index (χ2v) is 8.63. The Labute approximate surface area is 176 Å². The van der Waals surface area contributed by atoms with E-state index in [0.29, 0.717) is 15.4 Å². The van der Waals surface area contributed by atoms with Crippen LogP contribution in [0.15, 0.2) is 66.7 Å². The summed E-state index contributed by atoms with van der Waals surface area (Å²) < 4.78 is 0. The predicted molar refractivity (Wildman–Crippen MR) is 121 cm³/mol. The van der Waals surface area contributed by atoms with Crippen LogP contribution in [0.5, 0.6) is 0 Å². The minimum Gasteiger partial charge on any atom is -0.383 e. The molecule has 144 valence electrons. The Kier molecular flexibility index (Phi) is 5.24. The number of hydrogen-bond acceptors (Lipinski definition) is 5. The Morgan fingerprint density at radius 2 is 1.69 bits per heavy atom. The molecular weight excluding hydrogens is 400 g/mol. The summed E-state index contributed by atoms with van der Waals surface area (Å²) in [4.78, 5) is 20.1. The van der Waals surface area contributed by atoms with E-state index in [4.69, 9.17) is 16.1 Å². The first-order chi connectivity index (χ1) is 14.0. The Balaban J connectivity index is 1.79. The zero-order valence-corrected chi connectivity index (χ0v) is 17.2. The molecule has 5 nitrogen and oxygen atoms in total. The van der Waals surface area contributed by atoms with E-state index < -0.39 is 0 Å². The summed E-state index contributed by atoms with van der Waals surface area (Å²) in [5.74, 6) is -0.162. The predicted octanol–water partition coefficient (Wildman–Crippen LogP) is 5.38. The van der Waals surface area contributed by atoms with Gasteiger partial charge in [-0.1, -0.05) is 48.5 Å². The third-order valence-electron chi connectivity index (χ3n) is 4.33. The van der Waals surface area contributed by atoms with Crippen LogP contribution in [0.1, 0.15) is 19.4 Å². The van der Waals surface area contributed by atoms with E-state index >= 15 is 0 Å². The molecule has 0 saturated heterocycles. The number of hydrogen-bond donors (Lipinski definition) is 3. The molecular formula is C22H18N4OS2. The van der Waals surface area contributed by atoms with Gasteiger partial charge < -0.3 is 11.1 Å². The Morgan fingerprint density at radius 3 is 2.31 bits per heavy atom. The molecule has 0 spiro atoms. The number of nitrogens with two attached hydrogens (primary N) is 1. The number of amidine groups is 1. The Hall–Kier alpha value is -3.29. The highest BCUT2D eigenvalue weighted by Gasteiger charge is 2.22. The number of aryl methyl sites for hydroxylation is 1. The summed E-state index contributed by atoms with van der Waals surface area (Å²) >= 11 is 2.80. The van der Waals surface area contributed by atoms with Crippen molar-refractivity contribution in [2.45, 2.75) is 6.92 Å². The quantitative estimate of drug-likeness (QED) is 0.300. The van der Waals surface area contributed by atoms with Gasteiger partial charge in [0.25, 0.3) is 5.91 Å². The lowest BCUT2D eigenvalue weighted by atomic mass is 10.1. The SMILES string of the molecule is Cc1sc(C(=N)N)cc1-c1nc(-c2ccccc2)c(C(=O)Nc2ccccc2)s1. The number of benzene rings is 2. The molecule has 0 aliphatic carbocycles. The van der Waals surface area contributed by atoms with E-state index in [1.807, 2.05) is 73.7 Å².